The van der Waals surface area contributed by atoms with Crippen molar-refractivity contribution in [2.24, 2.45) is 0 Å². The molecule has 0 aliphatic heterocycles. The Morgan fingerprint density at radius 2 is 1.80 bits per heavy atom. The van der Waals surface area contributed by atoms with E-state index in [0.717, 1.165) is 12.3 Å². The van der Waals surface area contributed by atoms with Gasteiger partial charge in [-0.3, -0.25) is 0 Å². The van der Waals surface area contributed by atoms with Crippen LogP contribution in [0.3, 0.4) is 0 Å². The van der Waals surface area contributed by atoms with Gasteiger partial charge >= 0.3 is 0 Å². The van der Waals surface area contributed by atoms with Crippen molar-refractivity contribution < 1.29 is 0 Å². The molecule has 0 heterocycles. The zero-order chi connectivity index (χ0) is 14.2. The highest BCUT2D eigenvalue weighted by molar-refractivity contribution is 7.99. The van der Waals surface area contributed by atoms with E-state index < -0.39 is 0 Å². The van der Waals surface area contributed by atoms with Crippen molar-refractivity contribution in [1.29, 1.82) is 0 Å². The van der Waals surface area contributed by atoms with Crippen LogP contribution in [0.15, 0.2) is 72.1 Å². The predicted octanol–water partition coefficient (Wildman–Crippen LogP) is 5.18. The lowest BCUT2D eigenvalue weighted by Gasteiger charge is -2.16. The van der Waals surface area contributed by atoms with Crippen LogP contribution in [0.25, 0.3) is 0 Å². The number of para-hydroxylation sites is 1. The van der Waals surface area contributed by atoms with Gasteiger partial charge in [-0.1, -0.05) is 55.5 Å². The second-order valence-corrected chi connectivity index (χ2v) is 5.85. The van der Waals surface area contributed by atoms with Gasteiger partial charge in [0.05, 0.1) is 0 Å². The summed E-state index contributed by atoms with van der Waals surface area (Å²) in [5.74, 6) is 1.43. The van der Waals surface area contributed by atoms with Gasteiger partial charge < -0.3 is 5.32 Å². The van der Waals surface area contributed by atoms with Crippen LogP contribution in [0.1, 0.15) is 18.4 Å². The summed E-state index contributed by atoms with van der Waals surface area (Å²) in [6.07, 6.45) is 1.94. The molecule has 0 aliphatic rings. The quantitative estimate of drug-likeness (QED) is 0.555. The molecule has 0 bridgehead atoms. The van der Waals surface area contributed by atoms with Gasteiger partial charge in [0.15, 0.2) is 0 Å². The molecule has 1 N–H and O–H groups in total. The van der Waals surface area contributed by atoms with Crippen molar-refractivity contribution in [3.05, 3.63) is 72.8 Å². The third-order valence-corrected chi connectivity index (χ3v) is 4.28. The first-order valence-corrected chi connectivity index (χ1v) is 7.91. The van der Waals surface area contributed by atoms with E-state index in [1.165, 1.54) is 16.1 Å². The minimum Gasteiger partial charge on any atom is -0.384 e. The Morgan fingerprint density at radius 3 is 2.55 bits per heavy atom. The molecule has 0 saturated heterocycles. The third-order valence-electron chi connectivity index (χ3n) is 3.21. The Balaban J connectivity index is 1.98. The summed E-state index contributed by atoms with van der Waals surface area (Å²) in [5, 5.41) is 3.57. The number of benzene rings is 2. The summed E-state index contributed by atoms with van der Waals surface area (Å²) in [6.45, 7) is 6.97. The molecule has 0 aromatic heterocycles. The van der Waals surface area contributed by atoms with E-state index in [4.69, 9.17) is 0 Å². The molecule has 1 nitrogen and oxygen atoms in total. The van der Waals surface area contributed by atoms with Crippen LogP contribution in [0.5, 0.6) is 0 Å². The van der Waals surface area contributed by atoms with E-state index in [1.54, 1.807) is 0 Å². The maximum absolute atomic E-state index is 3.78. The van der Waals surface area contributed by atoms with Crippen LogP contribution >= 0.6 is 11.8 Å². The SMILES string of the molecule is C=CCSc1ccccc1NCC(C)c1ccccc1. The van der Waals surface area contributed by atoms with E-state index in [-0.39, 0.29) is 0 Å². The van der Waals surface area contributed by atoms with Crippen molar-refractivity contribution in [1.82, 2.24) is 0 Å². The molecule has 2 aromatic rings. The fourth-order valence-corrected chi connectivity index (χ4v) is 2.82. The van der Waals surface area contributed by atoms with E-state index in [0.29, 0.717) is 5.92 Å². The molecule has 2 aromatic carbocycles. The monoisotopic (exact) mass is 283 g/mol. The molecule has 104 valence electrons. The summed E-state index contributed by atoms with van der Waals surface area (Å²) in [5.41, 5.74) is 2.58. The summed E-state index contributed by atoms with van der Waals surface area (Å²) in [4.78, 5) is 1.28. The number of rotatable bonds is 7. The lowest BCUT2D eigenvalue weighted by atomic mass is 10.0. The lowest BCUT2D eigenvalue weighted by molar-refractivity contribution is 0.803. The Labute approximate surface area is 126 Å². The summed E-state index contributed by atoms with van der Waals surface area (Å²) in [7, 11) is 0. The van der Waals surface area contributed by atoms with Crippen LogP contribution in [0.2, 0.25) is 0 Å². The number of nitrogens with one attached hydrogen (secondary N) is 1. The van der Waals surface area contributed by atoms with Crippen molar-refractivity contribution >= 4 is 17.4 Å². The van der Waals surface area contributed by atoms with E-state index in [9.17, 15) is 0 Å². The second kappa shape index (κ2) is 7.81. The normalized spacial score (nSPS) is 11.8. The van der Waals surface area contributed by atoms with Crippen molar-refractivity contribution in [3.63, 3.8) is 0 Å². The molecule has 1 unspecified atom stereocenters. The van der Waals surface area contributed by atoms with Crippen molar-refractivity contribution in [2.45, 2.75) is 17.7 Å². The van der Waals surface area contributed by atoms with Gasteiger partial charge in [-0.2, -0.15) is 0 Å². The van der Waals surface area contributed by atoms with Gasteiger partial charge in [-0.25, -0.2) is 0 Å². The Kier molecular flexibility index (Phi) is 5.75. The van der Waals surface area contributed by atoms with E-state index in [1.807, 2.05) is 17.8 Å². The Bertz CT molecular complexity index is 536. The van der Waals surface area contributed by atoms with Gasteiger partial charge in [0, 0.05) is 22.9 Å². The van der Waals surface area contributed by atoms with Gasteiger partial charge in [-0.15, -0.1) is 18.3 Å². The fourth-order valence-electron chi connectivity index (χ4n) is 2.05. The average molecular weight is 283 g/mol. The van der Waals surface area contributed by atoms with Crippen LogP contribution in [0.4, 0.5) is 5.69 Å². The number of anilines is 1. The molecule has 20 heavy (non-hydrogen) atoms. The summed E-state index contributed by atoms with van der Waals surface area (Å²) >= 11 is 1.81. The summed E-state index contributed by atoms with van der Waals surface area (Å²) in [6, 6.07) is 19.1. The minimum absolute atomic E-state index is 0.494. The van der Waals surface area contributed by atoms with Gasteiger partial charge in [0.2, 0.25) is 0 Å². The highest BCUT2D eigenvalue weighted by Crippen LogP contribution is 2.27. The number of hydrogen-bond donors (Lipinski definition) is 1. The zero-order valence-corrected chi connectivity index (χ0v) is 12.7. The first kappa shape index (κ1) is 14.7. The smallest absolute Gasteiger partial charge is 0.0478 e. The first-order chi connectivity index (χ1) is 9.81. The first-order valence-electron chi connectivity index (χ1n) is 6.93. The van der Waals surface area contributed by atoms with E-state index in [2.05, 4.69) is 73.4 Å². The molecular weight excluding hydrogens is 262 g/mol. The Hall–Kier alpha value is -1.67. The second-order valence-electron chi connectivity index (χ2n) is 4.79. The van der Waals surface area contributed by atoms with Crippen LogP contribution in [-0.4, -0.2) is 12.3 Å². The number of thioether (sulfide) groups is 1. The van der Waals surface area contributed by atoms with Gasteiger partial charge in [-0.05, 0) is 23.6 Å². The van der Waals surface area contributed by atoms with Crippen LogP contribution < -0.4 is 5.32 Å². The maximum atomic E-state index is 3.78. The van der Waals surface area contributed by atoms with E-state index >= 15 is 0 Å². The molecular formula is C18H21NS. The average Bonchev–Trinajstić information content (AvgIpc) is 2.52. The third kappa shape index (κ3) is 4.17. The van der Waals surface area contributed by atoms with Crippen LogP contribution in [0, 0.1) is 0 Å². The van der Waals surface area contributed by atoms with Gasteiger partial charge in [0.1, 0.15) is 0 Å². The molecule has 0 spiro atoms. The molecule has 2 rings (SSSR count). The molecule has 0 saturated carbocycles. The molecule has 0 aliphatic carbocycles. The highest BCUT2D eigenvalue weighted by Gasteiger charge is 2.06. The molecule has 0 radical (unpaired) electrons. The Morgan fingerprint density at radius 1 is 1.10 bits per heavy atom. The fraction of sp³-hybridized carbons (Fsp3) is 0.222. The number of hydrogen-bond acceptors (Lipinski definition) is 2. The zero-order valence-electron chi connectivity index (χ0n) is 11.9. The summed E-state index contributed by atoms with van der Waals surface area (Å²) < 4.78 is 0. The molecule has 0 amide bonds. The molecule has 0 fully saturated rings. The van der Waals surface area contributed by atoms with Crippen molar-refractivity contribution in [3.8, 4) is 0 Å². The van der Waals surface area contributed by atoms with Crippen LogP contribution in [-0.2, 0) is 0 Å². The van der Waals surface area contributed by atoms with Crippen molar-refractivity contribution in [2.75, 3.05) is 17.6 Å². The molecule has 2 heteroatoms. The topological polar surface area (TPSA) is 12.0 Å². The highest BCUT2D eigenvalue weighted by atomic mass is 32.2. The maximum Gasteiger partial charge on any atom is 0.0478 e. The molecule has 1 atom stereocenters. The predicted molar refractivity (Wildman–Crippen MR) is 90.7 cm³/mol. The minimum atomic E-state index is 0.494. The largest absolute Gasteiger partial charge is 0.384 e. The lowest BCUT2D eigenvalue weighted by Crippen LogP contribution is -2.10. The van der Waals surface area contributed by atoms with Gasteiger partial charge in [0.25, 0.3) is 0 Å². The standard InChI is InChI=1S/C18H21NS/c1-3-13-20-18-12-8-7-11-17(18)19-14-15(2)16-9-5-4-6-10-16/h3-12,15,19H,1,13-14H2,2H3.